The summed E-state index contributed by atoms with van der Waals surface area (Å²) in [5.74, 6) is 0.909. The fourth-order valence-electron chi connectivity index (χ4n) is 2.55. The lowest BCUT2D eigenvalue weighted by molar-refractivity contribution is 0.363. The molecule has 2 atom stereocenters. The number of thioether (sulfide) groups is 1. The highest BCUT2D eigenvalue weighted by molar-refractivity contribution is 7.99. The van der Waals surface area contributed by atoms with E-state index < -0.39 is 0 Å². The van der Waals surface area contributed by atoms with E-state index in [-0.39, 0.29) is 0 Å². The Labute approximate surface area is 120 Å². The molecule has 1 N–H and O–H groups in total. The highest BCUT2D eigenvalue weighted by Gasteiger charge is 2.25. The number of hydrogen-bond donors (Lipinski definition) is 1. The second-order valence-electron chi connectivity index (χ2n) is 4.94. The van der Waals surface area contributed by atoms with Gasteiger partial charge in [-0.15, -0.1) is 0 Å². The quantitative estimate of drug-likeness (QED) is 0.769. The van der Waals surface area contributed by atoms with Crippen LogP contribution >= 0.6 is 11.8 Å². The van der Waals surface area contributed by atoms with Crippen molar-refractivity contribution in [3.63, 3.8) is 0 Å². The first kappa shape index (κ1) is 14.5. The van der Waals surface area contributed by atoms with Gasteiger partial charge in [0, 0.05) is 17.8 Å². The zero-order chi connectivity index (χ0) is 13.5. The summed E-state index contributed by atoms with van der Waals surface area (Å²) in [5.41, 5.74) is 1.32. The maximum atomic E-state index is 5.48. The van der Waals surface area contributed by atoms with E-state index in [1.165, 1.54) is 24.8 Å². The maximum Gasteiger partial charge on any atom is 0.119 e. The summed E-state index contributed by atoms with van der Waals surface area (Å²) < 4.78 is 5.48. The fraction of sp³-hybridized carbons (Fsp3) is 0.500. The van der Waals surface area contributed by atoms with Crippen LogP contribution in [0.15, 0.2) is 36.9 Å². The van der Waals surface area contributed by atoms with Crippen LogP contribution in [-0.2, 0) is 6.54 Å². The first-order valence-electron chi connectivity index (χ1n) is 6.92. The van der Waals surface area contributed by atoms with Crippen LogP contribution in [0.4, 0.5) is 0 Å². The summed E-state index contributed by atoms with van der Waals surface area (Å²) in [6.45, 7) is 5.16. The van der Waals surface area contributed by atoms with Gasteiger partial charge in [-0.3, -0.25) is 0 Å². The Balaban J connectivity index is 1.81. The molecule has 1 aromatic carbocycles. The van der Waals surface area contributed by atoms with Crippen LogP contribution in [0, 0.1) is 0 Å². The molecule has 1 aromatic rings. The van der Waals surface area contributed by atoms with Crippen molar-refractivity contribution >= 4 is 11.8 Å². The van der Waals surface area contributed by atoms with Crippen LogP contribution in [0.2, 0.25) is 0 Å². The summed E-state index contributed by atoms with van der Waals surface area (Å²) >= 11 is 2.00. The molecule has 0 amide bonds. The van der Waals surface area contributed by atoms with Crippen molar-refractivity contribution in [2.75, 3.05) is 12.9 Å². The van der Waals surface area contributed by atoms with E-state index >= 15 is 0 Å². The largest absolute Gasteiger partial charge is 0.490 e. The summed E-state index contributed by atoms with van der Waals surface area (Å²) in [5, 5.41) is 4.47. The van der Waals surface area contributed by atoms with E-state index in [1.54, 1.807) is 6.08 Å². The Kier molecular flexibility index (Phi) is 5.80. The van der Waals surface area contributed by atoms with Crippen LogP contribution in [0.25, 0.3) is 0 Å². The van der Waals surface area contributed by atoms with Gasteiger partial charge in [0.05, 0.1) is 0 Å². The molecule has 0 aromatic heterocycles. The van der Waals surface area contributed by atoms with Gasteiger partial charge in [-0.25, -0.2) is 0 Å². The molecule has 3 heteroatoms. The molecular formula is C16H23NOS. The third-order valence-electron chi connectivity index (χ3n) is 3.61. The zero-order valence-electron chi connectivity index (χ0n) is 11.6. The molecule has 104 valence electrons. The van der Waals surface area contributed by atoms with E-state index in [0.29, 0.717) is 12.6 Å². The molecular weight excluding hydrogens is 254 g/mol. The van der Waals surface area contributed by atoms with E-state index in [1.807, 2.05) is 23.9 Å². The molecule has 0 heterocycles. The van der Waals surface area contributed by atoms with E-state index in [9.17, 15) is 0 Å². The van der Waals surface area contributed by atoms with Crippen molar-refractivity contribution in [2.45, 2.75) is 37.1 Å². The number of nitrogens with one attached hydrogen (secondary N) is 1. The minimum atomic E-state index is 0.565. The molecule has 0 spiro atoms. The van der Waals surface area contributed by atoms with Gasteiger partial charge in [0.2, 0.25) is 0 Å². The lowest BCUT2D eigenvalue weighted by Gasteiger charge is -2.19. The third-order valence-corrected chi connectivity index (χ3v) is 4.78. The second-order valence-corrected chi connectivity index (χ2v) is 6.01. The molecule has 1 aliphatic carbocycles. The van der Waals surface area contributed by atoms with Crippen molar-refractivity contribution in [2.24, 2.45) is 0 Å². The van der Waals surface area contributed by atoms with Crippen LogP contribution in [0.5, 0.6) is 5.75 Å². The van der Waals surface area contributed by atoms with Crippen molar-refractivity contribution in [3.05, 3.63) is 42.5 Å². The van der Waals surface area contributed by atoms with E-state index in [2.05, 4.69) is 30.3 Å². The lowest BCUT2D eigenvalue weighted by atomic mass is 10.2. The van der Waals surface area contributed by atoms with Crippen LogP contribution in [-0.4, -0.2) is 24.2 Å². The molecule has 19 heavy (non-hydrogen) atoms. The van der Waals surface area contributed by atoms with E-state index in [4.69, 9.17) is 4.74 Å². The Morgan fingerprint density at radius 3 is 2.84 bits per heavy atom. The average Bonchev–Trinajstić information content (AvgIpc) is 2.91. The van der Waals surface area contributed by atoms with Gasteiger partial charge in [0.1, 0.15) is 12.4 Å². The third kappa shape index (κ3) is 4.29. The van der Waals surface area contributed by atoms with Gasteiger partial charge in [0.15, 0.2) is 0 Å². The molecule has 0 bridgehead atoms. The smallest absolute Gasteiger partial charge is 0.119 e. The molecule has 0 radical (unpaired) electrons. The number of rotatable bonds is 7. The standard InChI is InChI=1S/C16H23NOS/c1-3-11-18-14-9-7-13(8-10-14)12-17-15-5-4-6-16(15)19-2/h3,7-10,15-17H,1,4-6,11-12H2,2H3. The molecule has 0 saturated heterocycles. The molecule has 0 aliphatic heterocycles. The Morgan fingerprint density at radius 2 is 2.16 bits per heavy atom. The molecule has 2 rings (SSSR count). The predicted molar refractivity (Wildman–Crippen MR) is 83.9 cm³/mol. The predicted octanol–water partition coefficient (Wildman–Crippen LogP) is 3.63. The number of ether oxygens (including phenoxy) is 1. The molecule has 1 fully saturated rings. The highest BCUT2D eigenvalue weighted by atomic mass is 32.2. The van der Waals surface area contributed by atoms with Crippen molar-refractivity contribution in [3.8, 4) is 5.75 Å². The van der Waals surface area contributed by atoms with Crippen molar-refractivity contribution in [1.82, 2.24) is 5.32 Å². The fourth-order valence-corrected chi connectivity index (χ4v) is 3.51. The van der Waals surface area contributed by atoms with Gasteiger partial charge >= 0.3 is 0 Å². The zero-order valence-corrected chi connectivity index (χ0v) is 12.4. The average molecular weight is 277 g/mol. The summed E-state index contributed by atoms with van der Waals surface area (Å²) in [4.78, 5) is 0. The van der Waals surface area contributed by atoms with Crippen molar-refractivity contribution < 1.29 is 4.74 Å². The van der Waals surface area contributed by atoms with Crippen molar-refractivity contribution in [1.29, 1.82) is 0 Å². The normalized spacial score (nSPS) is 22.4. The summed E-state index contributed by atoms with van der Waals surface area (Å²) in [7, 11) is 0. The molecule has 1 aliphatic rings. The molecule has 1 saturated carbocycles. The number of hydrogen-bond acceptors (Lipinski definition) is 3. The van der Waals surface area contributed by atoms with Gasteiger partial charge < -0.3 is 10.1 Å². The first-order chi connectivity index (χ1) is 9.33. The van der Waals surface area contributed by atoms with Gasteiger partial charge in [0.25, 0.3) is 0 Å². The molecule has 2 nitrogen and oxygen atoms in total. The second kappa shape index (κ2) is 7.61. The highest BCUT2D eigenvalue weighted by Crippen LogP contribution is 2.28. The lowest BCUT2D eigenvalue weighted by Crippen LogP contribution is -2.33. The minimum absolute atomic E-state index is 0.565. The summed E-state index contributed by atoms with van der Waals surface area (Å²) in [6, 6.07) is 9.00. The Bertz CT molecular complexity index is 390. The SMILES string of the molecule is C=CCOc1ccc(CNC2CCCC2SC)cc1. The Hall–Kier alpha value is -0.930. The Morgan fingerprint density at radius 1 is 1.37 bits per heavy atom. The van der Waals surface area contributed by atoms with Gasteiger partial charge in [-0.05, 0) is 36.8 Å². The van der Waals surface area contributed by atoms with Crippen LogP contribution in [0.3, 0.4) is 0 Å². The topological polar surface area (TPSA) is 21.3 Å². The van der Waals surface area contributed by atoms with Crippen LogP contribution in [0.1, 0.15) is 24.8 Å². The first-order valence-corrected chi connectivity index (χ1v) is 8.21. The van der Waals surface area contributed by atoms with E-state index in [0.717, 1.165) is 17.5 Å². The maximum absolute atomic E-state index is 5.48. The van der Waals surface area contributed by atoms with Crippen LogP contribution < -0.4 is 10.1 Å². The number of benzene rings is 1. The van der Waals surface area contributed by atoms with Gasteiger partial charge in [-0.1, -0.05) is 31.2 Å². The monoisotopic (exact) mass is 277 g/mol. The minimum Gasteiger partial charge on any atom is -0.490 e. The summed E-state index contributed by atoms with van der Waals surface area (Å²) in [6.07, 6.45) is 8.01. The van der Waals surface area contributed by atoms with Gasteiger partial charge in [-0.2, -0.15) is 11.8 Å². The molecule has 2 unspecified atom stereocenters.